The second-order valence-electron chi connectivity index (χ2n) is 9.30. The van der Waals surface area contributed by atoms with Crippen molar-refractivity contribution in [1.82, 2.24) is 19.8 Å². The predicted octanol–water partition coefficient (Wildman–Crippen LogP) is 3.08. The summed E-state index contributed by atoms with van der Waals surface area (Å²) in [7, 11) is 0. The maximum Gasteiger partial charge on any atom is 0.255 e. The van der Waals surface area contributed by atoms with Crippen LogP contribution in [-0.2, 0) is 6.54 Å². The standard InChI is InChI=1S/C26H29N5O3/c1-18(2)31-17-26(15-30(16-26)14-20-6-3-4-11-28-20)34-23-21(25(31)33)7-5-8-22(23)29-24(32)19-9-12-27-13-10-19/h3-13,18,25,33H,14-17H2,1-2H3,(H,29,32). The van der Waals surface area contributed by atoms with E-state index >= 15 is 0 Å². The second-order valence-corrected chi connectivity index (χ2v) is 9.30. The molecule has 1 unspecified atom stereocenters. The van der Waals surface area contributed by atoms with Gasteiger partial charge in [0.1, 0.15) is 11.8 Å². The van der Waals surface area contributed by atoms with Gasteiger partial charge in [-0.3, -0.25) is 24.6 Å². The Bertz CT molecular complexity index is 1150. The lowest BCUT2D eigenvalue weighted by atomic mass is 9.92. The molecule has 34 heavy (non-hydrogen) atoms. The minimum Gasteiger partial charge on any atom is -0.481 e. The molecule has 2 N–H and O–H groups in total. The van der Waals surface area contributed by atoms with Crippen molar-refractivity contribution in [3.8, 4) is 5.75 Å². The van der Waals surface area contributed by atoms with Crippen LogP contribution >= 0.6 is 0 Å². The van der Waals surface area contributed by atoms with Crippen LogP contribution in [-0.4, -0.2) is 62.1 Å². The number of carbonyl (C=O) groups excluding carboxylic acids is 1. The Morgan fingerprint density at radius 3 is 2.62 bits per heavy atom. The van der Waals surface area contributed by atoms with Crippen LogP contribution in [0, 0.1) is 0 Å². The number of fused-ring (bicyclic) bond motifs is 1. The van der Waals surface area contributed by atoms with Crippen molar-refractivity contribution in [3.05, 3.63) is 83.9 Å². The lowest BCUT2D eigenvalue weighted by molar-refractivity contribution is -0.118. The molecular weight excluding hydrogens is 430 g/mol. The van der Waals surface area contributed by atoms with Gasteiger partial charge in [0, 0.05) is 61.9 Å². The first-order chi connectivity index (χ1) is 16.4. The number of ether oxygens (including phenoxy) is 1. The summed E-state index contributed by atoms with van der Waals surface area (Å²) in [4.78, 5) is 25.6. The number of aliphatic hydroxyl groups is 1. The van der Waals surface area contributed by atoms with E-state index in [1.54, 1.807) is 30.7 Å². The van der Waals surface area contributed by atoms with Crippen molar-refractivity contribution < 1.29 is 14.6 Å². The van der Waals surface area contributed by atoms with Crippen LogP contribution in [0.15, 0.2) is 67.1 Å². The molecule has 0 aliphatic carbocycles. The normalized spacial score (nSPS) is 19.7. The Morgan fingerprint density at radius 1 is 1.12 bits per heavy atom. The fraction of sp³-hybridized carbons (Fsp3) is 0.346. The number of aliphatic hydroxyl groups excluding tert-OH is 1. The van der Waals surface area contributed by atoms with Crippen LogP contribution < -0.4 is 10.1 Å². The number of pyridine rings is 2. The van der Waals surface area contributed by atoms with Gasteiger partial charge in [-0.25, -0.2) is 0 Å². The van der Waals surface area contributed by atoms with E-state index in [1.807, 2.05) is 36.4 Å². The van der Waals surface area contributed by atoms with Gasteiger partial charge in [0.2, 0.25) is 0 Å². The molecule has 4 heterocycles. The molecule has 5 rings (SSSR count). The number of nitrogens with zero attached hydrogens (tertiary/aromatic N) is 4. The number of nitrogens with one attached hydrogen (secondary N) is 1. The molecule has 2 aliphatic rings. The zero-order valence-electron chi connectivity index (χ0n) is 19.4. The minimum atomic E-state index is -0.836. The van der Waals surface area contributed by atoms with E-state index in [0.29, 0.717) is 42.2 Å². The lowest BCUT2D eigenvalue weighted by Crippen LogP contribution is -2.68. The molecule has 2 aromatic heterocycles. The van der Waals surface area contributed by atoms with E-state index in [1.165, 1.54) is 0 Å². The number of anilines is 1. The molecule has 0 saturated carbocycles. The van der Waals surface area contributed by atoms with E-state index in [-0.39, 0.29) is 11.9 Å². The monoisotopic (exact) mass is 459 g/mol. The van der Waals surface area contributed by atoms with Gasteiger partial charge in [0.25, 0.3) is 5.91 Å². The van der Waals surface area contributed by atoms with Gasteiger partial charge < -0.3 is 15.2 Å². The van der Waals surface area contributed by atoms with Crippen molar-refractivity contribution in [1.29, 1.82) is 0 Å². The summed E-state index contributed by atoms with van der Waals surface area (Å²) >= 11 is 0. The van der Waals surface area contributed by atoms with Crippen LogP contribution in [0.5, 0.6) is 5.75 Å². The number of rotatable bonds is 5. The van der Waals surface area contributed by atoms with E-state index in [0.717, 1.165) is 12.2 Å². The van der Waals surface area contributed by atoms with E-state index in [2.05, 4.69) is 38.9 Å². The number of likely N-dealkylation sites (tertiary alicyclic amines) is 1. The van der Waals surface area contributed by atoms with Crippen molar-refractivity contribution >= 4 is 11.6 Å². The average Bonchev–Trinajstić information content (AvgIpc) is 2.96. The first kappa shape index (κ1) is 22.5. The second kappa shape index (κ2) is 9.13. The summed E-state index contributed by atoms with van der Waals surface area (Å²) in [6, 6.07) is 14.9. The number of hydrogen-bond acceptors (Lipinski definition) is 7. The molecule has 0 bridgehead atoms. The summed E-state index contributed by atoms with van der Waals surface area (Å²) in [6.45, 7) is 6.86. The highest BCUT2D eigenvalue weighted by Gasteiger charge is 2.50. The third-order valence-electron chi connectivity index (χ3n) is 6.42. The van der Waals surface area contributed by atoms with Crippen molar-refractivity contribution in [2.45, 2.75) is 38.3 Å². The van der Waals surface area contributed by atoms with Gasteiger partial charge in [0.05, 0.1) is 11.4 Å². The maximum absolute atomic E-state index is 12.9. The molecule has 2 aliphatic heterocycles. The number of amides is 1. The molecule has 1 saturated heterocycles. The van der Waals surface area contributed by atoms with E-state index < -0.39 is 11.8 Å². The highest BCUT2D eigenvalue weighted by atomic mass is 16.5. The van der Waals surface area contributed by atoms with Gasteiger partial charge in [-0.15, -0.1) is 0 Å². The zero-order chi connectivity index (χ0) is 23.7. The Morgan fingerprint density at radius 2 is 1.91 bits per heavy atom. The zero-order valence-corrected chi connectivity index (χ0v) is 19.4. The van der Waals surface area contributed by atoms with Crippen molar-refractivity contribution in [2.24, 2.45) is 0 Å². The SMILES string of the molecule is CC(C)N1CC2(CN(Cc3ccccn3)C2)Oc2c(NC(=O)c3ccncc3)cccc2C1O. The van der Waals surface area contributed by atoms with Crippen molar-refractivity contribution in [3.63, 3.8) is 0 Å². The van der Waals surface area contributed by atoms with Crippen LogP contribution in [0.25, 0.3) is 0 Å². The summed E-state index contributed by atoms with van der Waals surface area (Å²) in [5, 5.41) is 14.3. The minimum absolute atomic E-state index is 0.112. The van der Waals surface area contributed by atoms with Crippen LogP contribution in [0.2, 0.25) is 0 Å². The molecule has 0 radical (unpaired) electrons. The number of para-hydroxylation sites is 1. The van der Waals surface area contributed by atoms with Crippen LogP contribution in [0.1, 0.15) is 41.7 Å². The molecule has 1 atom stereocenters. The van der Waals surface area contributed by atoms with E-state index in [4.69, 9.17) is 4.74 Å². The van der Waals surface area contributed by atoms with Gasteiger partial charge in [-0.2, -0.15) is 0 Å². The highest BCUT2D eigenvalue weighted by Crippen LogP contribution is 2.44. The Kier molecular flexibility index (Phi) is 6.03. The fourth-order valence-electron chi connectivity index (χ4n) is 4.75. The molecular formula is C26H29N5O3. The number of carbonyl (C=O) groups is 1. The number of hydrogen-bond donors (Lipinski definition) is 2. The Hall–Kier alpha value is -3.33. The summed E-state index contributed by atoms with van der Waals surface area (Å²) < 4.78 is 6.68. The maximum atomic E-state index is 12.9. The van der Waals surface area contributed by atoms with Gasteiger partial charge in [-0.1, -0.05) is 18.2 Å². The quantitative estimate of drug-likeness (QED) is 0.606. The molecule has 8 heteroatoms. The number of aromatic nitrogens is 2. The largest absolute Gasteiger partial charge is 0.481 e. The Balaban J connectivity index is 1.43. The number of benzene rings is 1. The van der Waals surface area contributed by atoms with Crippen LogP contribution in [0.4, 0.5) is 5.69 Å². The fourth-order valence-corrected chi connectivity index (χ4v) is 4.75. The topological polar surface area (TPSA) is 90.8 Å². The average molecular weight is 460 g/mol. The summed E-state index contributed by atoms with van der Waals surface area (Å²) in [5.74, 6) is 0.274. The molecule has 3 aromatic rings. The third kappa shape index (κ3) is 4.40. The molecule has 1 spiro atoms. The smallest absolute Gasteiger partial charge is 0.255 e. The van der Waals surface area contributed by atoms with Crippen molar-refractivity contribution in [2.75, 3.05) is 25.0 Å². The van der Waals surface area contributed by atoms with E-state index in [9.17, 15) is 9.90 Å². The predicted molar refractivity (Wildman–Crippen MR) is 128 cm³/mol. The molecule has 1 aromatic carbocycles. The highest BCUT2D eigenvalue weighted by molar-refractivity contribution is 6.05. The summed E-state index contributed by atoms with van der Waals surface area (Å²) in [5.41, 5.74) is 2.22. The molecule has 8 nitrogen and oxygen atoms in total. The summed E-state index contributed by atoms with van der Waals surface area (Å²) in [6.07, 6.45) is 4.14. The first-order valence-corrected chi connectivity index (χ1v) is 11.5. The van der Waals surface area contributed by atoms with Gasteiger partial charge >= 0.3 is 0 Å². The molecule has 1 fully saturated rings. The molecule has 1 amide bonds. The first-order valence-electron chi connectivity index (χ1n) is 11.5. The van der Waals surface area contributed by atoms with Gasteiger partial charge in [0.15, 0.2) is 5.75 Å². The van der Waals surface area contributed by atoms with Gasteiger partial charge in [-0.05, 0) is 44.2 Å². The third-order valence-corrected chi connectivity index (χ3v) is 6.42. The molecule has 176 valence electrons. The van der Waals surface area contributed by atoms with Crippen LogP contribution in [0.3, 0.4) is 0 Å². The Labute approximate surface area is 199 Å². The lowest BCUT2D eigenvalue weighted by Gasteiger charge is -2.51.